The van der Waals surface area contributed by atoms with Gasteiger partial charge in [-0.15, -0.1) is 11.8 Å². The predicted octanol–water partition coefficient (Wildman–Crippen LogP) is 5.16. The van der Waals surface area contributed by atoms with E-state index < -0.39 is 0 Å². The average Bonchev–Trinajstić information content (AvgIpc) is 3.02. The molecule has 2 aromatic carbocycles. The van der Waals surface area contributed by atoms with E-state index in [1.54, 1.807) is 11.8 Å². The SMILES string of the molecule is CSc1cccc2sc(NC(=O)COc3ccc(C(C)C)cc3)nc12. The third-order valence-corrected chi connectivity index (χ3v) is 5.47. The molecule has 1 aromatic heterocycles. The van der Waals surface area contributed by atoms with E-state index in [-0.39, 0.29) is 12.5 Å². The molecule has 6 heteroatoms. The van der Waals surface area contributed by atoms with Crippen LogP contribution < -0.4 is 10.1 Å². The van der Waals surface area contributed by atoms with Gasteiger partial charge in [0.25, 0.3) is 5.91 Å². The zero-order chi connectivity index (χ0) is 17.8. The molecule has 1 amide bonds. The van der Waals surface area contributed by atoms with Crippen LogP contribution in [0.4, 0.5) is 5.13 Å². The van der Waals surface area contributed by atoms with Crippen molar-refractivity contribution in [3.8, 4) is 5.75 Å². The van der Waals surface area contributed by atoms with Crippen LogP contribution in [0.25, 0.3) is 10.2 Å². The Morgan fingerprint density at radius 2 is 2.00 bits per heavy atom. The minimum absolute atomic E-state index is 0.0354. The summed E-state index contributed by atoms with van der Waals surface area (Å²) in [4.78, 5) is 17.7. The Bertz CT molecular complexity index is 873. The van der Waals surface area contributed by atoms with E-state index in [0.29, 0.717) is 16.8 Å². The maximum absolute atomic E-state index is 12.1. The van der Waals surface area contributed by atoms with Crippen LogP contribution in [0, 0.1) is 0 Å². The maximum atomic E-state index is 12.1. The average molecular weight is 373 g/mol. The van der Waals surface area contributed by atoms with Gasteiger partial charge in [0.15, 0.2) is 11.7 Å². The molecule has 1 N–H and O–H groups in total. The molecule has 0 spiro atoms. The number of benzene rings is 2. The molecule has 0 saturated carbocycles. The molecule has 0 aliphatic carbocycles. The lowest BCUT2D eigenvalue weighted by molar-refractivity contribution is -0.118. The van der Waals surface area contributed by atoms with Crippen LogP contribution in [0.15, 0.2) is 47.4 Å². The summed E-state index contributed by atoms with van der Waals surface area (Å²) in [6.07, 6.45) is 2.02. The van der Waals surface area contributed by atoms with Crippen LogP contribution in [-0.4, -0.2) is 23.8 Å². The third-order valence-electron chi connectivity index (χ3n) is 3.76. The number of para-hydroxylation sites is 1. The number of thiazole rings is 1. The van der Waals surface area contributed by atoms with Crippen molar-refractivity contribution in [2.45, 2.75) is 24.7 Å². The Labute approximate surface area is 155 Å². The fourth-order valence-corrected chi connectivity index (χ4v) is 3.93. The highest BCUT2D eigenvalue weighted by Gasteiger charge is 2.11. The van der Waals surface area contributed by atoms with Gasteiger partial charge in [-0.2, -0.15) is 0 Å². The lowest BCUT2D eigenvalue weighted by atomic mass is 10.0. The molecule has 25 heavy (non-hydrogen) atoms. The fourth-order valence-electron chi connectivity index (χ4n) is 2.39. The Hall–Kier alpha value is -2.05. The lowest BCUT2D eigenvalue weighted by Gasteiger charge is -2.08. The number of nitrogens with one attached hydrogen (secondary N) is 1. The van der Waals surface area contributed by atoms with Crippen LogP contribution in [0.1, 0.15) is 25.3 Å². The van der Waals surface area contributed by atoms with E-state index >= 15 is 0 Å². The monoisotopic (exact) mass is 372 g/mol. The van der Waals surface area contributed by atoms with Gasteiger partial charge in [-0.25, -0.2) is 4.98 Å². The van der Waals surface area contributed by atoms with Crippen LogP contribution in [0.3, 0.4) is 0 Å². The second-order valence-electron chi connectivity index (χ2n) is 5.89. The van der Waals surface area contributed by atoms with Crippen LogP contribution >= 0.6 is 23.1 Å². The zero-order valence-electron chi connectivity index (χ0n) is 14.4. The second kappa shape index (κ2) is 7.89. The summed E-state index contributed by atoms with van der Waals surface area (Å²) < 4.78 is 6.62. The minimum Gasteiger partial charge on any atom is -0.484 e. The van der Waals surface area contributed by atoms with Crippen molar-refractivity contribution in [2.75, 3.05) is 18.2 Å². The summed E-state index contributed by atoms with van der Waals surface area (Å²) in [7, 11) is 0. The van der Waals surface area contributed by atoms with Gasteiger partial charge in [0.1, 0.15) is 5.75 Å². The molecular weight excluding hydrogens is 352 g/mol. The number of amides is 1. The number of aromatic nitrogens is 1. The van der Waals surface area contributed by atoms with E-state index in [2.05, 4.69) is 24.1 Å². The highest BCUT2D eigenvalue weighted by Crippen LogP contribution is 2.32. The van der Waals surface area contributed by atoms with Crippen molar-refractivity contribution in [2.24, 2.45) is 0 Å². The van der Waals surface area contributed by atoms with Crippen molar-refractivity contribution in [1.29, 1.82) is 0 Å². The van der Waals surface area contributed by atoms with Crippen molar-refractivity contribution < 1.29 is 9.53 Å². The van der Waals surface area contributed by atoms with Crippen molar-refractivity contribution in [1.82, 2.24) is 4.98 Å². The van der Waals surface area contributed by atoms with Gasteiger partial charge in [-0.3, -0.25) is 10.1 Å². The molecule has 1 heterocycles. The number of anilines is 1. The van der Waals surface area contributed by atoms with Gasteiger partial charge in [0.05, 0.1) is 10.2 Å². The van der Waals surface area contributed by atoms with Crippen LogP contribution in [0.5, 0.6) is 5.75 Å². The third kappa shape index (κ3) is 4.32. The molecule has 4 nitrogen and oxygen atoms in total. The molecule has 0 aliphatic rings. The molecule has 0 atom stereocenters. The van der Waals surface area contributed by atoms with Gasteiger partial charge in [-0.05, 0) is 42.0 Å². The first kappa shape index (κ1) is 17.8. The van der Waals surface area contributed by atoms with Gasteiger partial charge in [0.2, 0.25) is 0 Å². The number of nitrogens with zero attached hydrogens (tertiary/aromatic N) is 1. The molecule has 0 bridgehead atoms. The number of fused-ring (bicyclic) bond motifs is 1. The molecular formula is C19H20N2O2S2. The maximum Gasteiger partial charge on any atom is 0.264 e. The van der Waals surface area contributed by atoms with E-state index in [0.717, 1.165) is 15.1 Å². The van der Waals surface area contributed by atoms with Crippen LogP contribution in [0.2, 0.25) is 0 Å². The summed E-state index contributed by atoms with van der Waals surface area (Å²) in [5.41, 5.74) is 2.18. The minimum atomic E-state index is -0.210. The molecule has 0 unspecified atom stereocenters. The van der Waals surface area contributed by atoms with Gasteiger partial charge in [-0.1, -0.05) is 43.4 Å². The normalized spacial score (nSPS) is 11.0. The molecule has 0 aliphatic heterocycles. The topological polar surface area (TPSA) is 51.2 Å². The Morgan fingerprint density at radius 3 is 2.68 bits per heavy atom. The van der Waals surface area contributed by atoms with E-state index in [9.17, 15) is 4.79 Å². The number of ether oxygens (including phenoxy) is 1. The van der Waals surface area contributed by atoms with E-state index in [1.165, 1.54) is 16.9 Å². The first-order chi connectivity index (χ1) is 12.1. The number of hydrogen-bond donors (Lipinski definition) is 1. The van der Waals surface area contributed by atoms with Crippen molar-refractivity contribution in [3.63, 3.8) is 0 Å². The number of carbonyl (C=O) groups is 1. The number of rotatable bonds is 6. The Morgan fingerprint density at radius 1 is 1.24 bits per heavy atom. The summed E-state index contributed by atoms with van der Waals surface area (Å²) >= 11 is 3.12. The van der Waals surface area contributed by atoms with Gasteiger partial charge < -0.3 is 4.74 Å². The summed E-state index contributed by atoms with van der Waals surface area (Å²) in [5, 5.41) is 3.41. The first-order valence-corrected chi connectivity index (χ1v) is 10.1. The largest absolute Gasteiger partial charge is 0.484 e. The number of carbonyl (C=O) groups excluding carboxylic acids is 1. The van der Waals surface area contributed by atoms with E-state index in [4.69, 9.17) is 4.74 Å². The quantitative estimate of drug-likeness (QED) is 0.607. The van der Waals surface area contributed by atoms with Crippen LogP contribution in [-0.2, 0) is 4.79 Å². The Balaban J connectivity index is 1.61. The summed E-state index contributed by atoms with van der Waals surface area (Å²) in [6, 6.07) is 13.9. The lowest BCUT2D eigenvalue weighted by Crippen LogP contribution is -2.20. The zero-order valence-corrected chi connectivity index (χ0v) is 16.0. The van der Waals surface area contributed by atoms with Crippen molar-refractivity contribution >= 4 is 44.4 Å². The number of thioether (sulfide) groups is 1. The second-order valence-corrected chi connectivity index (χ2v) is 7.77. The summed E-state index contributed by atoms with van der Waals surface area (Å²) in [6.45, 7) is 4.25. The van der Waals surface area contributed by atoms with Gasteiger partial charge in [0, 0.05) is 4.90 Å². The molecule has 130 valence electrons. The predicted molar refractivity (Wildman–Crippen MR) is 106 cm³/mol. The van der Waals surface area contributed by atoms with Gasteiger partial charge >= 0.3 is 0 Å². The summed E-state index contributed by atoms with van der Waals surface area (Å²) in [5.74, 6) is 0.953. The highest BCUT2D eigenvalue weighted by atomic mass is 32.2. The highest BCUT2D eigenvalue weighted by molar-refractivity contribution is 7.98. The van der Waals surface area contributed by atoms with Crippen molar-refractivity contribution in [3.05, 3.63) is 48.0 Å². The molecule has 0 fully saturated rings. The smallest absolute Gasteiger partial charge is 0.264 e. The first-order valence-electron chi connectivity index (χ1n) is 8.03. The molecule has 3 aromatic rings. The number of hydrogen-bond acceptors (Lipinski definition) is 5. The molecule has 0 saturated heterocycles. The molecule has 0 radical (unpaired) electrons. The molecule has 3 rings (SSSR count). The van der Waals surface area contributed by atoms with E-state index in [1.807, 2.05) is 48.7 Å². The standard InChI is InChI=1S/C19H20N2O2S2/c1-12(2)13-7-9-14(10-8-13)23-11-17(22)20-19-21-18-15(24-3)5-4-6-16(18)25-19/h4-10,12H,11H2,1-3H3,(H,20,21,22). The fraction of sp³-hybridized carbons (Fsp3) is 0.263. The Kier molecular flexibility index (Phi) is 5.60.